The number of nitrogens with one attached hydrogen (secondary N) is 1. The van der Waals surface area contributed by atoms with Gasteiger partial charge in [-0.25, -0.2) is 0 Å². The average molecular weight is 198 g/mol. The standard InChI is InChI=1S/C12H13BNO/c1-15-12-8-6-11(7-9-12)14-13-10-4-2-3-5-10/h2-10,14H,1H3. The van der Waals surface area contributed by atoms with Crippen LogP contribution in [0.4, 0.5) is 5.69 Å². The van der Waals surface area contributed by atoms with Gasteiger partial charge < -0.3 is 9.96 Å². The molecule has 1 aliphatic rings. The molecule has 75 valence electrons. The highest BCUT2D eigenvalue weighted by atomic mass is 16.5. The molecule has 0 saturated heterocycles. The van der Waals surface area contributed by atoms with Gasteiger partial charge in [0.2, 0.25) is 0 Å². The van der Waals surface area contributed by atoms with Crippen LogP contribution in [0.1, 0.15) is 0 Å². The molecule has 0 heterocycles. The fourth-order valence-electron chi connectivity index (χ4n) is 1.44. The second-order valence-electron chi connectivity index (χ2n) is 3.39. The lowest BCUT2D eigenvalue weighted by Gasteiger charge is -2.08. The molecule has 0 fully saturated rings. The number of ether oxygens (including phenoxy) is 1. The average Bonchev–Trinajstić information content (AvgIpc) is 2.80. The zero-order valence-electron chi connectivity index (χ0n) is 8.68. The summed E-state index contributed by atoms with van der Waals surface area (Å²) in [6.45, 7) is 0. The van der Waals surface area contributed by atoms with E-state index in [4.69, 9.17) is 4.74 Å². The topological polar surface area (TPSA) is 21.3 Å². The van der Waals surface area contributed by atoms with Gasteiger partial charge in [0, 0.05) is 5.69 Å². The Kier molecular flexibility index (Phi) is 3.13. The Morgan fingerprint density at radius 3 is 2.40 bits per heavy atom. The van der Waals surface area contributed by atoms with Gasteiger partial charge in [0.15, 0.2) is 0 Å². The minimum atomic E-state index is 0.395. The van der Waals surface area contributed by atoms with Crippen LogP contribution in [0, 0.1) is 0 Å². The first kappa shape index (κ1) is 9.90. The van der Waals surface area contributed by atoms with E-state index >= 15 is 0 Å². The molecule has 0 spiro atoms. The van der Waals surface area contributed by atoms with E-state index in [0.717, 1.165) is 11.4 Å². The quantitative estimate of drug-likeness (QED) is 0.750. The summed E-state index contributed by atoms with van der Waals surface area (Å²) in [5.41, 5.74) is 1.07. The first-order chi connectivity index (χ1) is 7.38. The van der Waals surface area contributed by atoms with Crippen LogP contribution in [0.2, 0.25) is 5.82 Å². The van der Waals surface area contributed by atoms with Crippen LogP contribution in [0.25, 0.3) is 0 Å². The molecule has 1 aliphatic carbocycles. The van der Waals surface area contributed by atoms with Crippen LogP contribution >= 0.6 is 0 Å². The van der Waals surface area contributed by atoms with E-state index in [1.807, 2.05) is 24.3 Å². The summed E-state index contributed by atoms with van der Waals surface area (Å²) in [6.07, 6.45) is 8.38. The third-order valence-corrected chi connectivity index (χ3v) is 2.31. The first-order valence-corrected chi connectivity index (χ1v) is 4.97. The van der Waals surface area contributed by atoms with Crippen molar-refractivity contribution in [3.05, 3.63) is 48.6 Å². The van der Waals surface area contributed by atoms with Crippen molar-refractivity contribution in [3.63, 3.8) is 0 Å². The maximum absolute atomic E-state index is 5.09. The van der Waals surface area contributed by atoms with Gasteiger partial charge in [0.05, 0.1) is 7.11 Å². The van der Waals surface area contributed by atoms with Gasteiger partial charge >= 0.3 is 0 Å². The van der Waals surface area contributed by atoms with Crippen molar-refractivity contribution in [1.82, 2.24) is 0 Å². The number of benzene rings is 1. The second-order valence-corrected chi connectivity index (χ2v) is 3.39. The van der Waals surface area contributed by atoms with E-state index in [2.05, 4.69) is 36.9 Å². The molecule has 0 saturated carbocycles. The van der Waals surface area contributed by atoms with Crippen molar-refractivity contribution in [2.24, 2.45) is 0 Å². The number of methoxy groups -OCH3 is 1. The minimum Gasteiger partial charge on any atom is -0.497 e. The largest absolute Gasteiger partial charge is 0.497 e. The van der Waals surface area contributed by atoms with E-state index in [1.165, 1.54) is 0 Å². The van der Waals surface area contributed by atoms with E-state index in [9.17, 15) is 0 Å². The lowest BCUT2D eigenvalue weighted by Crippen LogP contribution is -2.09. The lowest BCUT2D eigenvalue weighted by molar-refractivity contribution is 0.415. The third kappa shape index (κ3) is 2.66. The molecule has 0 bridgehead atoms. The summed E-state index contributed by atoms with van der Waals surface area (Å²) < 4.78 is 5.09. The third-order valence-electron chi connectivity index (χ3n) is 2.31. The molecule has 1 aromatic carbocycles. The molecular weight excluding hydrogens is 185 g/mol. The van der Waals surface area contributed by atoms with Crippen LogP contribution < -0.4 is 9.96 Å². The molecule has 1 N–H and O–H groups in total. The van der Waals surface area contributed by atoms with Gasteiger partial charge in [-0.2, -0.15) is 0 Å². The molecule has 3 heteroatoms. The molecule has 0 amide bonds. The summed E-state index contributed by atoms with van der Waals surface area (Å²) >= 11 is 0. The molecule has 1 aromatic rings. The maximum atomic E-state index is 5.09. The Hall–Kier alpha value is -1.64. The van der Waals surface area contributed by atoms with E-state index in [1.54, 1.807) is 7.11 Å². The zero-order valence-corrected chi connectivity index (χ0v) is 8.68. The molecular formula is C12H13BNO. The fourth-order valence-corrected chi connectivity index (χ4v) is 1.44. The van der Waals surface area contributed by atoms with E-state index in [-0.39, 0.29) is 0 Å². The van der Waals surface area contributed by atoms with Crippen LogP contribution in [-0.2, 0) is 0 Å². The Labute approximate surface area is 90.9 Å². The molecule has 0 aromatic heterocycles. The Balaban J connectivity index is 1.87. The van der Waals surface area contributed by atoms with Gasteiger partial charge in [0.25, 0.3) is 7.41 Å². The minimum absolute atomic E-state index is 0.395. The second kappa shape index (κ2) is 4.74. The number of allylic oxidation sites excluding steroid dienone is 4. The SMILES string of the molecule is COc1ccc(N[B]C2C=CC=C2)cc1. The number of hydrogen-bond acceptors (Lipinski definition) is 2. The Bertz CT molecular complexity index is 358. The predicted molar refractivity (Wildman–Crippen MR) is 64.4 cm³/mol. The lowest BCUT2D eigenvalue weighted by atomic mass is 9.76. The molecule has 0 aliphatic heterocycles. The van der Waals surface area contributed by atoms with E-state index < -0.39 is 0 Å². The Morgan fingerprint density at radius 1 is 1.13 bits per heavy atom. The molecule has 0 atom stereocenters. The molecule has 0 unspecified atom stereocenters. The highest BCUT2D eigenvalue weighted by molar-refractivity contribution is 6.43. The summed E-state index contributed by atoms with van der Waals surface area (Å²) in [7, 11) is 3.73. The fraction of sp³-hybridized carbons (Fsp3) is 0.167. The monoisotopic (exact) mass is 198 g/mol. The van der Waals surface area contributed by atoms with Gasteiger partial charge in [-0.15, -0.1) is 0 Å². The van der Waals surface area contributed by atoms with Gasteiger partial charge in [0.1, 0.15) is 5.75 Å². The summed E-state index contributed by atoms with van der Waals surface area (Å²) in [5, 5.41) is 3.25. The number of anilines is 1. The molecule has 2 nitrogen and oxygen atoms in total. The highest BCUT2D eigenvalue weighted by Gasteiger charge is 2.05. The van der Waals surface area contributed by atoms with Gasteiger partial charge in [-0.05, 0) is 30.1 Å². The zero-order chi connectivity index (χ0) is 10.5. The van der Waals surface area contributed by atoms with Crippen LogP contribution in [-0.4, -0.2) is 14.5 Å². The normalized spacial score (nSPS) is 14.2. The van der Waals surface area contributed by atoms with Crippen LogP contribution in [0.15, 0.2) is 48.6 Å². The van der Waals surface area contributed by atoms with Crippen molar-refractivity contribution in [2.45, 2.75) is 5.82 Å². The molecule has 1 radical (unpaired) electrons. The summed E-state index contributed by atoms with van der Waals surface area (Å²) in [4.78, 5) is 0. The summed E-state index contributed by atoms with van der Waals surface area (Å²) in [5.74, 6) is 1.27. The first-order valence-electron chi connectivity index (χ1n) is 4.97. The molecule has 15 heavy (non-hydrogen) atoms. The molecule has 2 rings (SSSR count). The van der Waals surface area contributed by atoms with Crippen LogP contribution in [0.3, 0.4) is 0 Å². The smallest absolute Gasteiger partial charge is 0.254 e. The van der Waals surface area contributed by atoms with Crippen LogP contribution in [0.5, 0.6) is 5.75 Å². The number of hydrogen-bond donors (Lipinski definition) is 1. The number of rotatable bonds is 4. The van der Waals surface area contributed by atoms with E-state index in [0.29, 0.717) is 5.82 Å². The van der Waals surface area contributed by atoms with Crippen molar-refractivity contribution in [3.8, 4) is 5.75 Å². The maximum Gasteiger partial charge on any atom is 0.254 e. The van der Waals surface area contributed by atoms with Crippen molar-refractivity contribution in [1.29, 1.82) is 0 Å². The van der Waals surface area contributed by atoms with Crippen molar-refractivity contribution >= 4 is 13.1 Å². The van der Waals surface area contributed by atoms with Gasteiger partial charge in [-0.3, -0.25) is 0 Å². The highest BCUT2D eigenvalue weighted by Crippen LogP contribution is 2.17. The van der Waals surface area contributed by atoms with Crippen molar-refractivity contribution < 1.29 is 4.74 Å². The van der Waals surface area contributed by atoms with Gasteiger partial charge in [-0.1, -0.05) is 24.3 Å². The predicted octanol–water partition coefficient (Wildman–Crippen LogP) is 2.64. The Morgan fingerprint density at radius 2 is 1.80 bits per heavy atom. The summed E-state index contributed by atoms with van der Waals surface area (Å²) in [6, 6.07) is 7.88. The van der Waals surface area contributed by atoms with Crippen molar-refractivity contribution in [2.75, 3.05) is 12.3 Å².